The van der Waals surface area contributed by atoms with Crippen molar-refractivity contribution in [1.82, 2.24) is 4.98 Å². The van der Waals surface area contributed by atoms with Crippen LogP contribution < -0.4 is 10.6 Å². The lowest BCUT2D eigenvalue weighted by molar-refractivity contribution is -0.384. The number of anilines is 2. The number of halogens is 1. The van der Waals surface area contributed by atoms with Crippen LogP contribution in [0, 0.1) is 15.9 Å². The van der Waals surface area contributed by atoms with E-state index in [1.54, 1.807) is 41.8 Å². The first kappa shape index (κ1) is 24.0. The summed E-state index contributed by atoms with van der Waals surface area (Å²) in [5.41, 5.74) is 1.95. The molecule has 11 heteroatoms. The van der Waals surface area contributed by atoms with Crippen LogP contribution in [-0.2, 0) is 4.79 Å². The van der Waals surface area contributed by atoms with E-state index >= 15 is 0 Å². The van der Waals surface area contributed by atoms with Gasteiger partial charge in [0.05, 0.1) is 16.4 Å². The number of nitro groups is 1. The average molecular weight is 509 g/mol. The number of carbonyl (C=O) groups is 2. The van der Waals surface area contributed by atoms with E-state index in [2.05, 4.69) is 15.6 Å². The van der Waals surface area contributed by atoms with Crippen LogP contribution in [0.5, 0.6) is 0 Å². The van der Waals surface area contributed by atoms with Gasteiger partial charge in [-0.2, -0.15) is 0 Å². The maximum Gasteiger partial charge on any atom is 0.270 e. The lowest BCUT2D eigenvalue weighted by atomic mass is 10.2. The van der Waals surface area contributed by atoms with Crippen molar-refractivity contribution in [2.75, 3.05) is 16.4 Å². The van der Waals surface area contributed by atoms with Crippen molar-refractivity contribution < 1.29 is 18.9 Å². The molecule has 0 atom stereocenters. The molecule has 0 bridgehead atoms. The van der Waals surface area contributed by atoms with Gasteiger partial charge in [0.15, 0.2) is 5.13 Å². The van der Waals surface area contributed by atoms with Gasteiger partial charge in [0.2, 0.25) is 5.91 Å². The summed E-state index contributed by atoms with van der Waals surface area (Å²) in [7, 11) is 0. The second-order valence-electron chi connectivity index (χ2n) is 7.17. The molecule has 0 saturated heterocycles. The van der Waals surface area contributed by atoms with E-state index in [9.17, 15) is 24.1 Å². The Morgan fingerprint density at radius 3 is 2.49 bits per heavy atom. The van der Waals surface area contributed by atoms with Crippen LogP contribution in [0.1, 0.15) is 10.4 Å². The number of hydrogen-bond acceptors (Lipinski definition) is 7. The van der Waals surface area contributed by atoms with Crippen LogP contribution in [0.3, 0.4) is 0 Å². The average Bonchev–Trinajstić information content (AvgIpc) is 3.32. The van der Waals surface area contributed by atoms with E-state index < -0.39 is 10.8 Å². The quantitative estimate of drug-likeness (QED) is 0.176. The fourth-order valence-electron chi connectivity index (χ4n) is 2.99. The summed E-state index contributed by atoms with van der Waals surface area (Å²) in [4.78, 5) is 40.2. The maximum atomic E-state index is 13.1. The number of carbonyl (C=O) groups excluding carboxylic acids is 2. The molecule has 3 aromatic carbocycles. The Morgan fingerprint density at radius 1 is 1.03 bits per heavy atom. The maximum absolute atomic E-state index is 13.1. The first-order valence-electron chi connectivity index (χ1n) is 10.2. The van der Waals surface area contributed by atoms with Crippen molar-refractivity contribution in [3.05, 3.63) is 99.7 Å². The van der Waals surface area contributed by atoms with Crippen LogP contribution >= 0.6 is 23.1 Å². The number of non-ortho nitro benzene ring substituents is 1. The fraction of sp³-hybridized carbons (Fsp3) is 0.0417. The van der Waals surface area contributed by atoms with Crippen molar-refractivity contribution >= 4 is 51.4 Å². The Kier molecular flexibility index (Phi) is 7.48. The summed E-state index contributed by atoms with van der Waals surface area (Å²) in [6.45, 7) is 0. The number of hydrogen-bond donors (Lipinski definition) is 2. The molecular weight excluding hydrogens is 491 g/mol. The summed E-state index contributed by atoms with van der Waals surface area (Å²) in [5, 5.41) is 18.6. The third-order valence-corrected chi connectivity index (χ3v) is 6.46. The molecule has 35 heavy (non-hydrogen) atoms. The number of amides is 2. The monoisotopic (exact) mass is 508 g/mol. The molecule has 0 saturated carbocycles. The molecule has 4 aromatic rings. The summed E-state index contributed by atoms with van der Waals surface area (Å²) in [6, 6.07) is 18.3. The van der Waals surface area contributed by atoms with E-state index in [0.29, 0.717) is 16.5 Å². The number of nitro benzene ring substituents is 1. The topological polar surface area (TPSA) is 114 Å². The van der Waals surface area contributed by atoms with Gasteiger partial charge >= 0.3 is 0 Å². The first-order chi connectivity index (χ1) is 16.9. The molecule has 4 rings (SSSR count). The molecule has 0 spiro atoms. The predicted octanol–water partition coefficient (Wildman–Crippen LogP) is 5.84. The zero-order valence-electron chi connectivity index (χ0n) is 17.9. The van der Waals surface area contributed by atoms with Gasteiger partial charge in [0.25, 0.3) is 11.6 Å². The molecule has 2 amide bonds. The number of rotatable bonds is 8. The molecule has 0 radical (unpaired) electrons. The van der Waals surface area contributed by atoms with Crippen molar-refractivity contribution in [2.45, 2.75) is 4.90 Å². The molecule has 0 aliphatic rings. The molecule has 2 N–H and O–H groups in total. The van der Waals surface area contributed by atoms with Crippen LogP contribution in [-0.4, -0.2) is 27.5 Å². The minimum atomic E-state index is -0.558. The SMILES string of the molecule is O=C(CSc1ccc(NC(=O)c2cccc([N+](=O)[O-])c2)cc1)Nc1nc(-c2ccc(F)cc2)cs1. The zero-order chi connectivity index (χ0) is 24.8. The van der Waals surface area contributed by atoms with Crippen LogP contribution in [0.2, 0.25) is 0 Å². The number of benzene rings is 3. The van der Waals surface area contributed by atoms with Crippen molar-refractivity contribution in [3.63, 3.8) is 0 Å². The second kappa shape index (κ2) is 10.9. The number of nitrogens with one attached hydrogen (secondary N) is 2. The Morgan fingerprint density at radius 2 is 1.77 bits per heavy atom. The molecule has 0 aliphatic carbocycles. The number of thioether (sulfide) groups is 1. The number of nitrogens with zero attached hydrogens (tertiary/aromatic N) is 2. The van der Waals surface area contributed by atoms with Gasteiger partial charge in [0, 0.05) is 39.2 Å². The summed E-state index contributed by atoms with van der Waals surface area (Å²) in [5.74, 6) is -0.854. The van der Waals surface area contributed by atoms with E-state index in [-0.39, 0.29) is 28.7 Å². The standard InChI is InChI=1S/C24H17FN4O4S2/c25-17-6-4-15(5-7-17)21-13-35-24(27-21)28-22(30)14-34-20-10-8-18(9-11-20)26-23(31)16-2-1-3-19(12-16)29(32)33/h1-13H,14H2,(H,26,31)(H,27,28,30). The highest BCUT2D eigenvalue weighted by molar-refractivity contribution is 8.00. The van der Waals surface area contributed by atoms with Gasteiger partial charge in [-0.3, -0.25) is 19.7 Å². The Hall–Kier alpha value is -4.09. The van der Waals surface area contributed by atoms with Gasteiger partial charge in [0.1, 0.15) is 5.82 Å². The molecule has 1 heterocycles. The van der Waals surface area contributed by atoms with Gasteiger partial charge in [-0.25, -0.2) is 9.37 Å². The van der Waals surface area contributed by atoms with Crippen LogP contribution in [0.25, 0.3) is 11.3 Å². The smallest absolute Gasteiger partial charge is 0.270 e. The highest BCUT2D eigenvalue weighted by Crippen LogP contribution is 2.26. The molecule has 176 valence electrons. The van der Waals surface area contributed by atoms with Crippen LogP contribution in [0.4, 0.5) is 20.9 Å². The number of aromatic nitrogens is 1. The van der Waals surface area contributed by atoms with E-state index in [1.165, 1.54) is 59.5 Å². The lowest BCUT2D eigenvalue weighted by Crippen LogP contribution is -2.13. The normalized spacial score (nSPS) is 10.5. The fourth-order valence-corrected chi connectivity index (χ4v) is 4.42. The van der Waals surface area contributed by atoms with E-state index in [0.717, 1.165) is 10.5 Å². The first-order valence-corrected chi connectivity index (χ1v) is 12.0. The van der Waals surface area contributed by atoms with Crippen LogP contribution in [0.15, 0.2) is 83.1 Å². The summed E-state index contributed by atoms with van der Waals surface area (Å²) >= 11 is 2.60. The van der Waals surface area contributed by atoms with Gasteiger partial charge in [-0.1, -0.05) is 6.07 Å². The molecule has 1 aromatic heterocycles. The molecular formula is C24H17FN4O4S2. The minimum absolute atomic E-state index is 0.158. The molecule has 0 unspecified atom stereocenters. The predicted molar refractivity (Wildman–Crippen MR) is 134 cm³/mol. The highest BCUT2D eigenvalue weighted by Gasteiger charge is 2.12. The van der Waals surface area contributed by atoms with Gasteiger partial charge in [-0.05, 0) is 54.6 Å². The highest BCUT2D eigenvalue weighted by atomic mass is 32.2. The second-order valence-corrected chi connectivity index (χ2v) is 9.07. The number of thiazole rings is 1. The van der Waals surface area contributed by atoms with Gasteiger partial charge in [-0.15, -0.1) is 23.1 Å². The van der Waals surface area contributed by atoms with Gasteiger partial charge < -0.3 is 10.6 Å². The van der Waals surface area contributed by atoms with Crippen molar-refractivity contribution in [2.24, 2.45) is 0 Å². The lowest BCUT2D eigenvalue weighted by Gasteiger charge is -2.07. The third-order valence-electron chi connectivity index (χ3n) is 4.69. The van der Waals surface area contributed by atoms with Crippen molar-refractivity contribution in [3.8, 4) is 11.3 Å². The van der Waals surface area contributed by atoms with E-state index in [4.69, 9.17) is 0 Å². The van der Waals surface area contributed by atoms with E-state index in [1.807, 2.05) is 0 Å². The Balaban J connectivity index is 1.28. The Labute approximate surface area is 207 Å². The third kappa shape index (κ3) is 6.49. The summed E-state index contributed by atoms with van der Waals surface area (Å²) in [6.07, 6.45) is 0. The molecule has 8 nitrogen and oxygen atoms in total. The Bertz CT molecular complexity index is 1380. The summed E-state index contributed by atoms with van der Waals surface area (Å²) < 4.78 is 13.1. The minimum Gasteiger partial charge on any atom is -0.322 e. The largest absolute Gasteiger partial charge is 0.322 e. The molecule has 0 fully saturated rings. The van der Waals surface area contributed by atoms with Crippen molar-refractivity contribution in [1.29, 1.82) is 0 Å². The molecule has 0 aliphatic heterocycles. The zero-order valence-corrected chi connectivity index (χ0v) is 19.6.